The maximum atomic E-state index is 13.3. The minimum absolute atomic E-state index is 0.0145. The predicted octanol–water partition coefficient (Wildman–Crippen LogP) is 2.78. The molecule has 0 saturated carbocycles. The molecule has 1 aliphatic heterocycles. The molecule has 2 aromatic carbocycles. The fourth-order valence-electron chi connectivity index (χ4n) is 2.85. The Morgan fingerprint density at radius 1 is 1.04 bits per heavy atom. The topological polar surface area (TPSA) is 82.1 Å². The van der Waals surface area contributed by atoms with Gasteiger partial charge in [-0.15, -0.1) is 0 Å². The molecule has 8 heteroatoms. The van der Waals surface area contributed by atoms with E-state index in [1.54, 1.807) is 25.1 Å². The third kappa shape index (κ3) is 4.22. The van der Waals surface area contributed by atoms with Gasteiger partial charge in [-0.1, -0.05) is 19.1 Å². The molecule has 1 aliphatic rings. The quantitative estimate of drug-likeness (QED) is 0.659. The lowest BCUT2D eigenvalue weighted by molar-refractivity contribution is -0.141. The number of benzene rings is 2. The summed E-state index contributed by atoms with van der Waals surface area (Å²) in [5.41, 5.74) is 1.46. The lowest BCUT2D eigenvalue weighted by Gasteiger charge is -2.25. The maximum Gasteiger partial charge on any atom is 0.326 e. The summed E-state index contributed by atoms with van der Waals surface area (Å²) in [6.45, 7) is 4.20. The first-order valence-corrected chi connectivity index (χ1v) is 10.6. The van der Waals surface area contributed by atoms with Crippen LogP contribution in [0, 0.1) is 0 Å². The summed E-state index contributed by atoms with van der Waals surface area (Å²) in [5.74, 6) is 0.238. The van der Waals surface area contributed by atoms with Gasteiger partial charge in [0.2, 0.25) is 0 Å². The number of anilines is 1. The summed E-state index contributed by atoms with van der Waals surface area (Å²) in [5, 5.41) is 0. The second-order valence-corrected chi connectivity index (χ2v) is 8.00. The summed E-state index contributed by atoms with van der Waals surface area (Å²) in [4.78, 5) is 12.1. The molecule has 3 rings (SSSR count). The fourth-order valence-corrected chi connectivity index (χ4v) is 4.27. The Labute approximate surface area is 164 Å². The first kappa shape index (κ1) is 20.0. The highest BCUT2D eigenvalue weighted by molar-refractivity contribution is 7.92. The number of hydrogen-bond acceptors (Lipinski definition) is 6. The van der Waals surface area contributed by atoms with Gasteiger partial charge in [0.25, 0.3) is 10.0 Å². The number of fused-ring (bicyclic) bond motifs is 1. The van der Waals surface area contributed by atoms with Crippen molar-refractivity contribution in [1.29, 1.82) is 0 Å². The molecule has 7 nitrogen and oxygen atoms in total. The van der Waals surface area contributed by atoms with Gasteiger partial charge in [-0.2, -0.15) is 0 Å². The summed E-state index contributed by atoms with van der Waals surface area (Å²) < 4.78 is 43.6. The predicted molar refractivity (Wildman–Crippen MR) is 104 cm³/mol. The number of ether oxygens (including phenoxy) is 3. The standard InChI is InChI=1S/C20H23NO6S/c1-3-15-5-7-16(8-6-15)21(14-20(22)25-4-2)28(23,24)17-9-10-18-19(13-17)27-12-11-26-18/h5-10,13H,3-4,11-12,14H2,1-2H3. The van der Waals surface area contributed by atoms with Crippen LogP contribution in [0.1, 0.15) is 19.4 Å². The molecule has 0 amide bonds. The van der Waals surface area contributed by atoms with E-state index in [2.05, 4.69) is 0 Å². The number of rotatable bonds is 7. The number of carbonyl (C=O) groups excluding carboxylic acids is 1. The highest BCUT2D eigenvalue weighted by Crippen LogP contribution is 2.34. The van der Waals surface area contributed by atoms with E-state index in [9.17, 15) is 13.2 Å². The van der Waals surface area contributed by atoms with Crippen LogP contribution in [-0.4, -0.2) is 40.8 Å². The molecule has 150 valence electrons. The fraction of sp³-hybridized carbons (Fsp3) is 0.350. The van der Waals surface area contributed by atoms with E-state index in [-0.39, 0.29) is 11.5 Å². The SMILES string of the molecule is CCOC(=O)CN(c1ccc(CC)cc1)S(=O)(=O)c1ccc2c(c1)OCCO2. The zero-order chi connectivity index (χ0) is 20.1. The zero-order valence-electron chi connectivity index (χ0n) is 15.9. The highest BCUT2D eigenvalue weighted by atomic mass is 32.2. The number of aryl methyl sites for hydroxylation is 1. The van der Waals surface area contributed by atoms with E-state index in [1.807, 2.05) is 19.1 Å². The van der Waals surface area contributed by atoms with Crippen LogP contribution in [0.5, 0.6) is 11.5 Å². The van der Waals surface area contributed by atoms with Crippen molar-refractivity contribution in [2.45, 2.75) is 25.2 Å². The third-order valence-electron chi connectivity index (χ3n) is 4.31. The van der Waals surface area contributed by atoms with E-state index >= 15 is 0 Å². The van der Waals surface area contributed by atoms with Crippen LogP contribution in [0.2, 0.25) is 0 Å². The van der Waals surface area contributed by atoms with Crippen LogP contribution >= 0.6 is 0 Å². The molecule has 0 aliphatic carbocycles. The second kappa shape index (κ2) is 8.52. The molecule has 0 atom stereocenters. The Hall–Kier alpha value is -2.74. The smallest absolute Gasteiger partial charge is 0.326 e. The van der Waals surface area contributed by atoms with Crippen molar-refractivity contribution in [3.63, 3.8) is 0 Å². The number of esters is 1. The molecule has 0 spiro atoms. The number of nitrogens with zero attached hydrogens (tertiary/aromatic N) is 1. The Balaban J connectivity index is 2.00. The molecule has 0 radical (unpaired) electrons. The molecule has 0 aromatic heterocycles. The van der Waals surface area contributed by atoms with Crippen molar-refractivity contribution in [1.82, 2.24) is 0 Å². The van der Waals surface area contributed by atoms with Crippen LogP contribution in [0.15, 0.2) is 47.4 Å². The van der Waals surface area contributed by atoms with E-state index < -0.39 is 22.5 Å². The van der Waals surface area contributed by atoms with Crippen molar-refractivity contribution in [2.75, 3.05) is 30.7 Å². The van der Waals surface area contributed by atoms with Gasteiger partial charge in [-0.3, -0.25) is 9.10 Å². The van der Waals surface area contributed by atoms with Crippen LogP contribution in [0.3, 0.4) is 0 Å². The molecule has 0 bridgehead atoms. The van der Waals surface area contributed by atoms with Gasteiger partial charge in [0, 0.05) is 6.07 Å². The van der Waals surface area contributed by atoms with Crippen molar-refractivity contribution in [3.05, 3.63) is 48.0 Å². The van der Waals surface area contributed by atoms with Crippen LogP contribution in [0.4, 0.5) is 5.69 Å². The largest absolute Gasteiger partial charge is 0.486 e. The molecule has 2 aromatic rings. The van der Waals surface area contributed by atoms with Gasteiger partial charge in [0.15, 0.2) is 11.5 Å². The van der Waals surface area contributed by atoms with Crippen molar-refractivity contribution < 1.29 is 27.4 Å². The Morgan fingerprint density at radius 3 is 2.36 bits per heavy atom. The molecule has 0 unspecified atom stereocenters. The molecule has 0 saturated heterocycles. The first-order chi connectivity index (χ1) is 13.5. The highest BCUT2D eigenvalue weighted by Gasteiger charge is 2.29. The van der Waals surface area contributed by atoms with E-state index in [0.717, 1.165) is 16.3 Å². The van der Waals surface area contributed by atoms with Crippen LogP contribution < -0.4 is 13.8 Å². The molecule has 0 fully saturated rings. The van der Waals surface area contributed by atoms with Gasteiger partial charge in [-0.25, -0.2) is 8.42 Å². The van der Waals surface area contributed by atoms with Gasteiger partial charge in [0.05, 0.1) is 17.2 Å². The number of carbonyl (C=O) groups is 1. The lowest BCUT2D eigenvalue weighted by atomic mass is 10.1. The number of sulfonamides is 1. The Morgan fingerprint density at radius 2 is 1.71 bits per heavy atom. The zero-order valence-corrected chi connectivity index (χ0v) is 16.7. The summed E-state index contributed by atoms with van der Waals surface area (Å²) in [6.07, 6.45) is 0.826. The van der Waals surface area contributed by atoms with Crippen molar-refractivity contribution in [2.24, 2.45) is 0 Å². The lowest BCUT2D eigenvalue weighted by Crippen LogP contribution is -2.36. The van der Waals surface area contributed by atoms with Gasteiger partial charge in [0.1, 0.15) is 19.8 Å². The van der Waals surface area contributed by atoms with Crippen LogP contribution in [-0.2, 0) is 26.0 Å². The molecule has 28 heavy (non-hydrogen) atoms. The van der Waals surface area contributed by atoms with E-state index in [4.69, 9.17) is 14.2 Å². The maximum absolute atomic E-state index is 13.3. The average Bonchev–Trinajstić information content (AvgIpc) is 2.72. The summed E-state index contributed by atoms with van der Waals surface area (Å²) in [6, 6.07) is 11.5. The molecule has 1 heterocycles. The summed E-state index contributed by atoms with van der Waals surface area (Å²) in [7, 11) is -4.02. The third-order valence-corrected chi connectivity index (χ3v) is 6.08. The molecule has 0 N–H and O–H groups in total. The normalized spacial score (nSPS) is 13.1. The second-order valence-electron chi connectivity index (χ2n) is 6.14. The van der Waals surface area contributed by atoms with Crippen molar-refractivity contribution in [3.8, 4) is 11.5 Å². The average molecular weight is 405 g/mol. The van der Waals surface area contributed by atoms with E-state index in [1.165, 1.54) is 12.1 Å². The van der Waals surface area contributed by atoms with Crippen LogP contribution in [0.25, 0.3) is 0 Å². The monoisotopic (exact) mass is 405 g/mol. The first-order valence-electron chi connectivity index (χ1n) is 9.12. The minimum Gasteiger partial charge on any atom is -0.486 e. The molecular weight excluding hydrogens is 382 g/mol. The van der Waals surface area contributed by atoms with Gasteiger partial charge in [-0.05, 0) is 43.2 Å². The Kier molecular flexibility index (Phi) is 6.08. The number of hydrogen-bond donors (Lipinski definition) is 0. The van der Waals surface area contributed by atoms with Gasteiger partial charge >= 0.3 is 5.97 Å². The molecular formula is C20H23NO6S. The van der Waals surface area contributed by atoms with Crippen molar-refractivity contribution >= 4 is 21.7 Å². The van der Waals surface area contributed by atoms with Gasteiger partial charge < -0.3 is 14.2 Å². The van der Waals surface area contributed by atoms with E-state index in [0.29, 0.717) is 30.4 Å². The Bertz CT molecular complexity index is 940. The minimum atomic E-state index is -4.02. The summed E-state index contributed by atoms with van der Waals surface area (Å²) >= 11 is 0.